The molecule has 1 atom stereocenters. The first-order valence-corrected chi connectivity index (χ1v) is 11.7. The van der Waals surface area contributed by atoms with Gasteiger partial charge in [-0.3, -0.25) is 19.3 Å². The molecule has 0 radical (unpaired) electrons. The molecule has 0 bridgehead atoms. The number of fused-ring (bicyclic) bond motifs is 1. The number of Topliss-reactive ketones (excluding diaryl/α,β-unsaturated/α-hetero) is 1. The number of benzene rings is 2. The lowest BCUT2D eigenvalue weighted by molar-refractivity contribution is -0.127. The van der Waals surface area contributed by atoms with Crippen LogP contribution in [0.3, 0.4) is 0 Å². The molecule has 9 heteroatoms. The van der Waals surface area contributed by atoms with Gasteiger partial charge in [0.2, 0.25) is 5.91 Å². The smallest absolute Gasteiger partial charge is 0.265 e. The average molecular weight is 488 g/mol. The zero-order chi connectivity index (χ0) is 24.7. The molecule has 2 amide bonds. The van der Waals surface area contributed by atoms with Crippen LogP contribution in [0.4, 0.5) is 5.69 Å². The molecule has 0 aromatic heterocycles. The van der Waals surface area contributed by atoms with Crippen LogP contribution < -0.4 is 19.7 Å². The lowest BCUT2D eigenvalue weighted by Gasteiger charge is -2.33. The third kappa shape index (κ3) is 6.07. The van der Waals surface area contributed by atoms with E-state index in [2.05, 4.69) is 24.1 Å². The normalized spacial score (nSPS) is 13.8. The van der Waals surface area contributed by atoms with Crippen LogP contribution >= 0.6 is 11.6 Å². The highest BCUT2D eigenvalue weighted by molar-refractivity contribution is 6.32. The highest BCUT2D eigenvalue weighted by Gasteiger charge is 2.33. The van der Waals surface area contributed by atoms with E-state index in [1.165, 1.54) is 4.90 Å². The summed E-state index contributed by atoms with van der Waals surface area (Å²) in [5.41, 5.74) is 0.717. The number of para-hydroxylation sites is 1. The second-order valence-electron chi connectivity index (χ2n) is 7.87. The van der Waals surface area contributed by atoms with Crippen LogP contribution in [0.15, 0.2) is 42.5 Å². The molecule has 34 heavy (non-hydrogen) atoms. The lowest BCUT2D eigenvalue weighted by Crippen LogP contribution is -2.52. The van der Waals surface area contributed by atoms with Crippen molar-refractivity contribution in [1.82, 2.24) is 10.2 Å². The zero-order valence-corrected chi connectivity index (χ0v) is 20.4. The molecule has 8 nitrogen and oxygen atoms in total. The molecule has 2 aromatic carbocycles. The number of ether oxygens (including phenoxy) is 2. The minimum atomic E-state index is -0.767. The highest BCUT2D eigenvalue weighted by atomic mass is 35.5. The first kappa shape index (κ1) is 25.5. The zero-order valence-electron chi connectivity index (χ0n) is 19.7. The number of rotatable bonds is 11. The van der Waals surface area contributed by atoms with E-state index in [9.17, 15) is 14.4 Å². The second-order valence-corrected chi connectivity index (χ2v) is 8.28. The van der Waals surface area contributed by atoms with Gasteiger partial charge >= 0.3 is 0 Å². The SMILES string of the molecule is CCN(CC)CCNC(=O)[C@@H](C)N1C(=O)COc2ccc(C(=O)COc3ccccc3Cl)cc21. The number of carbonyl (C=O) groups is 3. The highest BCUT2D eigenvalue weighted by Crippen LogP contribution is 2.34. The van der Waals surface area contributed by atoms with Crippen molar-refractivity contribution in [3.63, 3.8) is 0 Å². The van der Waals surface area contributed by atoms with Gasteiger partial charge in [-0.15, -0.1) is 0 Å². The summed E-state index contributed by atoms with van der Waals surface area (Å²) in [4.78, 5) is 41.9. The number of anilines is 1. The number of halogens is 1. The third-order valence-electron chi connectivity index (χ3n) is 5.74. The molecular weight excluding hydrogens is 458 g/mol. The summed E-state index contributed by atoms with van der Waals surface area (Å²) in [6.07, 6.45) is 0. The fraction of sp³-hybridized carbons (Fsp3) is 0.400. The van der Waals surface area contributed by atoms with Gasteiger partial charge in [0.15, 0.2) is 19.0 Å². The van der Waals surface area contributed by atoms with Gasteiger partial charge in [0.1, 0.15) is 17.5 Å². The van der Waals surface area contributed by atoms with E-state index in [-0.39, 0.29) is 30.8 Å². The van der Waals surface area contributed by atoms with Gasteiger partial charge < -0.3 is 19.7 Å². The van der Waals surface area contributed by atoms with Crippen molar-refractivity contribution in [2.75, 3.05) is 44.3 Å². The van der Waals surface area contributed by atoms with Crippen molar-refractivity contribution < 1.29 is 23.9 Å². The van der Waals surface area contributed by atoms with Crippen LogP contribution in [0, 0.1) is 0 Å². The largest absolute Gasteiger partial charge is 0.484 e. The predicted molar refractivity (Wildman–Crippen MR) is 131 cm³/mol. The summed E-state index contributed by atoms with van der Waals surface area (Å²) >= 11 is 6.08. The molecule has 1 aliphatic rings. The van der Waals surface area contributed by atoms with Crippen LogP contribution in [0.2, 0.25) is 5.02 Å². The molecular formula is C25H30ClN3O5. The molecule has 0 aliphatic carbocycles. The van der Waals surface area contributed by atoms with Gasteiger partial charge in [0.05, 0.1) is 10.7 Å². The number of ketones is 1. The Hall–Kier alpha value is -3.10. The first-order valence-electron chi connectivity index (χ1n) is 11.3. The standard InChI is InChI=1S/C25H30ClN3O5/c1-4-28(5-2)13-12-27-25(32)17(3)29-20-14-18(10-11-23(20)34-16-24(29)31)21(30)15-33-22-9-7-6-8-19(22)26/h6-11,14,17H,4-5,12-13,15-16H2,1-3H3,(H,27,32)/t17-/m1/s1. The molecule has 182 valence electrons. The second kappa shape index (κ2) is 11.9. The summed E-state index contributed by atoms with van der Waals surface area (Å²) in [5.74, 6) is -0.0726. The predicted octanol–water partition coefficient (Wildman–Crippen LogP) is 3.17. The van der Waals surface area contributed by atoms with Crippen LogP contribution in [0.25, 0.3) is 0 Å². The number of hydrogen-bond acceptors (Lipinski definition) is 6. The summed E-state index contributed by atoms with van der Waals surface area (Å²) in [7, 11) is 0. The van der Waals surface area contributed by atoms with E-state index < -0.39 is 6.04 Å². The van der Waals surface area contributed by atoms with Crippen molar-refractivity contribution in [3.8, 4) is 11.5 Å². The fourth-order valence-corrected chi connectivity index (χ4v) is 3.89. The van der Waals surface area contributed by atoms with Gasteiger partial charge in [-0.1, -0.05) is 37.6 Å². The molecule has 1 aliphatic heterocycles. The molecule has 0 saturated carbocycles. The number of amides is 2. The Balaban J connectivity index is 1.72. The molecule has 3 rings (SSSR count). The lowest BCUT2D eigenvalue weighted by atomic mass is 10.1. The Morgan fingerprint density at radius 3 is 2.65 bits per heavy atom. The fourth-order valence-electron chi connectivity index (χ4n) is 3.70. The molecule has 2 aromatic rings. The first-order chi connectivity index (χ1) is 16.3. The van der Waals surface area contributed by atoms with E-state index in [1.54, 1.807) is 49.4 Å². The van der Waals surface area contributed by atoms with Gasteiger partial charge in [0, 0.05) is 18.7 Å². The van der Waals surface area contributed by atoms with Crippen molar-refractivity contribution >= 4 is 34.9 Å². The minimum Gasteiger partial charge on any atom is -0.484 e. The molecule has 0 saturated heterocycles. The van der Waals surface area contributed by atoms with E-state index in [4.69, 9.17) is 21.1 Å². The molecule has 0 unspecified atom stereocenters. The number of hydrogen-bond donors (Lipinski definition) is 1. The van der Waals surface area contributed by atoms with Crippen LogP contribution in [-0.4, -0.2) is 67.9 Å². The van der Waals surface area contributed by atoms with Crippen LogP contribution in [-0.2, 0) is 9.59 Å². The van der Waals surface area contributed by atoms with Crippen LogP contribution in [0.1, 0.15) is 31.1 Å². The van der Waals surface area contributed by atoms with E-state index in [1.807, 2.05) is 0 Å². The summed E-state index contributed by atoms with van der Waals surface area (Å²) in [6, 6.07) is 10.9. The van der Waals surface area contributed by atoms with Crippen LogP contribution in [0.5, 0.6) is 11.5 Å². The van der Waals surface area contributed by atoms with Gasteiger partial charge in [-0.2, -0.15) is 0 Å². The molecule has 1 heterocycles. The Bertz CT molecular complexity index is 1040. The topological polar surface area (TPSA) is 88.2 Å². The Morgan fingerprint density at radius 1 is 1.21 bits per heavy atom. The Labute approximate surface area is 204 Å². The molecule has 0 fully saturated rings. The number of likely N-dealkylation sites (N-methyl/N-ethyl adjacent to an activating group) is 1. The molecule has 0 spiro atoms. The van der Waals surface area contributed by atoms with Crippen molar-refractivity contribution in [3.05, 3.63) is 53.1 Å². The minimum absolute atomic E-state index is 0.174. The number of nitrogens with zero attached hydrogens (tertiary/aromatic N) is 2. The number of nitrogens with one attached hydrogen (secondary N) is 1. The number of carbonyl (C=O) groups excluding carboxylic acids is 3. The van der Waals surface area contributed by atoms with E-state index in [0.717, 1.165) is 19.6 Å². The monoisotopic (exact) mass is 487 g/mol. The maximum absolute atomic E-state index is 12.8. The quantitative estimate of drug-likeness (QED) is 0.490. The average Bonchev–Trinajstić information content (AvgIpc) is 2.85. The van der Waals surface area contributed by atoms with E-state index in [0.29, 0.717) is 34.3 Å². The Morgan fingerprint density at radius 2 is 1.94 bits per heavy atom. The van der Waals surface area contributed by atoms with Gasteiger partial charge in [-0.25, -0.2) is 0 Å². The maximum Gasteiger partial charge on any atom is 0.265 e. The van der Waals surface area contributed by atoms with Crippen molar-refractivity contribution in [2.24, 2.45) is 0 Å². The summed E-state index contributed by atoms with van der Waals surface area (Å²) in [5, 5.41) is 3.31. The molecule has 1 N–H and O–H groups in total. The van der Waals surface area contributed by atoms with Crippen molar-refractivity contribution in [2.45, 2.75) is 26.8 Å². The van der Waals surface area contributed by atoms with Crippen molar-refractivity contribution in [1.29, 1.82) is 0 Å². The maximum atomic E-state index is 12.8. The van der Waals surface area contributed by atoms with Gasteiger partial charge in [0.25, 0.3) is 5.91 Å². The van der Waals surface area contributed by atoms with Gasteiger partial charge in [-0.05, 0) is 50.3 Å². The van der Waals surface area contributed by atoms with E-state index >= 15 is 0 Å². The Kier molecular flexibility index (Phi) is 8.90. The summed E-state index contributed by atoms with van der Waals surface area (Å²) in [6.45, 7) is 8.39. The third-order valence-corrected chi connectivity index (χ3v) is 6.06. The summed E-state index contributed by atoms with van der Waals surface area (Å²) < 4.78 is 11.1.